The molecule has 0 amide bonds. The molecule has 6 nitrogen and oxygen atoms in total. The lowest BCUT2D eigenvalue weighted by Crippen LogP contribution is -2.33. The Morgan fingerprint density at radius 1 is 1.36 bits per heavy atom. The molecule has 0 aliphatic carbocycles. The number of ketones is 2. The van der Waals surface area contributed by atoms with Crippen molar-refractivity contribution in [3.8, 4) is 0 Å². The minimum atomic E-state index is -0.550. The van der Waals surface area contributed by atoms with Gasteiger partial charge >= 0.3 is 0 Å². The van der Waals surface area contributed by atoms with Crippen LogP contribution in [0.2, 0.25) is 0 Å². The highest BCUT2D eigenvalue weighted by Crippen LogP contribution is 2.06. The summed E-state index contributed by atoms with van der Waals surface area (Å²) in [5, 5.41) is 14.1. The van der Waals surface area contributed by atoms with Crippen LogP contribution in [0.4, 0.5) is 0 Å². The van der Waals surface area contributed by atoms with Crippen LogP contribution in [0, 0.1) is 5.21 Å². The van der Waals surface area contributed by atoms with Crippen molar-refractivity contribution in [3.05, 3.63) is 16.6 Å². The molecule has 1 aromatic rings. The maximum absolute atomic E-state index is 11.2. The van der Waals surface area contributed by atoms with Crippen molar-refractivity contribution in [2.24, 2.45) is 0 Å². The van der Waals surface area contributed by atoms with Gasteiger partial charge in [-0.1, -0.05) is 31.9 Å². The summed E-state index contributed by atoms with van der Waals surface area (Å²) >= 11 is 5.78. The van der Waals surface area contributed by atoms with E-state index in [1.807, 2.05) is 0 Å². The highest BCUT2D eigenvalue weighted by molar-refractivity contribution is 9.09. The van der Waals surface area contributed by atoms with Gasteiger partial charge in [0.2, 0.25) is 11.6 Å². The predicted molar refractivity (Wildman–Crippen MR) is 51.7 cm³/mol. The second kappa shape index (κ2) is 4.65. The molecule has 0 N–H and O–H groups in total. The van der Waals surface area contributed by atoms with Gasteiger partial charge in [0.05, 0.1) is 15.8 Å². The maximum Gasteiger partial charge on any atom is 0.295 e. The Balaban J connectivity index is 3.19. The number of hydrogen-bond donors (Lipinski definition) is 0. The van der Waals surface area contributed by atoms with E-state index in [-0.39, 0.29) is 27.0 Å². The topological polar surface area (TPSA) is 87.1 Å². The molecule has 0 aromatic carbocycles. The van der Waals surface area contributed by atoms with Crippen LogP contribution in [0.1, 0.15) is 21.0 Å². The fraction of sp³-hybridized carbons (Fsp3) is 0.333. The van der Waals surface area contributed by atoms with E-state index in [1.165, 1.54) is 0 Å². The molecule has 0 bridgehead atoms. The van der Waals surface area contributed by atoms with Gasteiger partial charge in [-0.15, -0.1) is 0 Å². The molecular formula is C6H4Br2N2O4. The largest absolute Gasteiger partial charge is 0.359 e. The van der Waals surface area contributed by atoms with Crippen molar-refractivity contribution >= 4 is 43.4 Å². The van der Waals surface area contributed by atoms with Crippen molar-refractivity contribution in [2.45, 2.75) is 0 Å². The van der Waals surface area contributed by atoms with Crippen molar-refractivity contribution in [2.75, 3.05) is 10.7 Å². The summed E-state index contributed by atoms with van der Waals surface area (Å²) in [6.07, 6.45) is 0. The summed E-state index contributed by atoms with van der Waals surface area (Å²) in [4.78, 5) is 22.3. The van der Waals surface area contributed by atoms with Gasteiger partial charge in [-0.25, -0.2) is 0 Å². The lowest BCUT2D eigenvalue weighted by molar-refractivity contribution is -0.803. The highest BCUT2D eigenvalue weighted by atomic mass is 79.9. The van der Waals surface area contributed by atoms with Crippen LogP contribution in [0.5, 0.6) is 0 Å². The average Bonchev–Trinajstić information content (AvgIpc) is 2.58. The first kappa shape index (κ1) is 11.3. The zero-order valence-corrected chi connectivity index (χ0v) is 9.87. The third kappa shape index (κ3) is 2.01. The van der Waals surface area contributed by atoms with Crippen LogP contribution in [0.25, 0.3) is 0 Å². The number of hydrogen-bond acceptors (Lipinski definition) is 5. The van der Waals surface area contributed by atoms with E-state index in [2.05, 4.69) is 41.6 Å². The van der Waals surface area contributed by atoms with Crippen LogP contribution in [-0.4, -0.2) is 27.4 Å². The van der Waals surface area contributed by atoms with E-state index in [0.29, 0.717) is 0 Å². The molecule has 0 fully saturated rings. The van der Waals surface area contributed by atoms with E-state index >= 15 is 0 Å². The number of carbonyl (C=O) groups is 2. The first-order valence-electron chi connectivity index (χ1n) is 3.39. The van der Waals surface area contributed by atoms with Crippen molar-refractivity contribution in [3.63, 3.8) is 0 Å². The molecule has 0 radical (unpaired) electrons. The van der Waals surface area contributed by atoms with Gasteiger partial charge in [-0.05, 0) is 4.90 Å². The number of halogens is 2. The summed E-state index contributed by atoms with van der Waals surface area (Å²) in [7, 11) is 0. The van der Waals surface area contributed by atoms with Crippen LogP contribution >= 0.6 is 31.9 Å². The second-order valence-corrected chi connectivity index (χ2v) is 3.36. The number of aromatic nitrogens is 2. The Labute approximate surface area is 95.0 Å². The highest BCUT2D eigenvalue weighted by Gasteiger charge is 2.30. The molecule has 0 saturated heterocycles. The molecule has 0 aliphatic heterocycles. The SMILES string of the molecule is O=C(CBr)c1no[n+]([O-])c1C(=O)CBr. The summed E-state index contributed by atoms with van der Waals surface area (Å²) < 4.78 is 4.17. The molecule has 8 heteroatoms. The molecular weight excluding hydrogens is 324 g/mol. The molecule has 14 heavy (non-hydrogen) atoms. The van der Waals surface area contributed by atoms with Gasteiger partial charge in [0, 0.05) is 0 Å². The van der Waals surface area contributed by atoms with Gasteiger partial charge in [0.15, 0.2) is 0 Å². The van der Waals surface area contributed by atoms with E-state index in [9.17, 15) is 14.8 Å². The van der Waals surface area contributed by atoms with E-state index < -0.39 is 11.6 Å². The summed E-state index contributed by atoms with van der Waals surface area (Å²) in [5.41, 5.74) is -0.618. The fourth-order valence-corrected chi connectivity index (χ4v) is 1.32. The lowest BCUT2D eigenvalue weighted by atomic mass is 10.2. The summed E-state index contributed by atoms with van der Waals surface area (Å²) in [6.45, 7) is 0. The number of rotatable bonds is 4. The zero-order chi connectivity index (χ0) is 10.7. The lowest BCUT2D eigenvalue weighted by Gasteiger charge is -1.92. The van der Waals surface area contributed by atoms with Crippen molar-refractivity contribution in [1.82, 2.24) is 5.16 Å². The smallest absolute Gasteiger partial charge is 0.295 e. The van der Waals surface area contributed by atoms with Gasteiger partial charge in [0.25, 0.3) is 11.4 Å². The number of nitrogens with zero attached hydrogens (tertiary/aromatic N) is 2. The third-order valence-corrected chi connectivity index (χ3v) is 2.40. The molecule has 0 saturated carbocycles. The van der Waals surface area contributed by atoms with E-state index in [0.717, 1.165) is 0 Å². The Morgan fingerprint density at radius 3 is 2.43 bits per heavy atom. The van der Waals surface area contributed by atoms with E-state index in [1.54, 1.807) is 0 Å². The Hall–Kier alpha value is -0.760. The molecule has 1 heterocycles. The molecule has 0 spiro atoms. The van der Waals surface area contributed by atoms with Crippen molar-refractivity contribution < 1.29 is 19.1 Å². The second-order valence-electron chi connectivity index (χ2n) is 2.24. The van der Waals surface area contributed by atoms with Gasteiger partial charge in [-0.3, -0.25) is 14.2 Å². The first-order valence-corrected chi connectivity index (χ1v) is 5.64. The molecule has 0 atom stereocenters. The average molecular weight is 328 g/mol. The fourth-order valence-electron chi connectivity index (χ4n) is 0.792. The number of carbonyl (C=O) groups excluding carboxylic acids is 2. The molecule has 0 unspecified atom stereocenters. The number of alkyl halides is 2. The Kier molecular flexibility index (Phi) is 3.76. The van der Waals surface area contributed by atoms with Crippen LogP contribution < -0.4 is 4.90 Å². The maximum atomic E-state index is 11.2. The summed E-state index contributed by atoms with van der Waals surface area (Å²) in [6, 6.07) is 0. The molecule has 0 aliphatic rings. The predicted octanol–water partition coefficient (Wildman–Crippen LogP) is 0.463. The minimum absolute atomic E-state index is 0.0257. The van der Waals surface area contributed by atoms with Crippen LogP contribution in [0.15, 0.2) is 4.63 Å². The number of Topliss-reactive ketones (excluding diaryl/α,β-unsaturated/α-hetero) is 2. The standard InChI is InChI=1S/C6H4Br2N2O4/c7-1-3(11)5-6(4(12)2-8)10(13)14-9-5/h1-2H2. The van der Waals surface area contributed by atoms with Gasteiger partial charge in [0.1, 0.15) is 0 Å². The van der Waals surface area contributed by atoms with Crippen molar-refractivity contribution in [1.29, 1.82) is 0 Å². The quantitative estimate of drug-likeness (QED) is 0.455. The van der Waals surface area contributed by atoms with Crippen LogP contribution in [-0.2, 0) is 0 Å². The summed E-state index contributed by atoms with van der Waals surface area (Å²) in [5.74, 6) is -1.03. The van der Waals surface area contributed by atoms with Gasteiger partial charge < -0.3 is 5.21 Å². The Bertz CT molecular complexity index is 376. The normalized spacial score (nSPS) is 10.1. The molecule has 1 rings (SSSR count). The first-order chi connectivity index (χ1) is 6.61. The minimum Gasteiger partial charge on any atom is -0.359 e. The zero-order valence-electron chi connectivity index (χ0n) is 6.70. The third-order valence-electron chi connectivity index (χ3n) is 1.38. The Morgan fingerprint density at radius 2 is 1.93 bits per heavy atom. The van der Waals surface area contributed by atoms with Gasteiger partial charge in [-0.2, -0.15) is 0 Å². The van der Waals surface area contributed by atoms with Crippen LogP contribution in [0.3, 0.4) is 0 Å². The molecule has 1 aromatic heterocycles. The monoisotopic (exact) mass is 326 g/mol. The molecule has 76 valence electrons. The van der Waals surface area contributed by atoms with E-state index in [4.69, 9.17) is 0 Å².